The van der Waals surface area contributed by atoms with Gasteiger partial charge in [0.25, 0.3) is 0 Å². The van der Waals surface area contributed by atoms with Gasteiger partial charge in [-0.05, 0) is 30.9 Å². The molecule has 2 atom stereocenters. The number of benzene rings is 1. The highest BCUT2D eigenvalue weighted by atomic mass is 16.5. The van der Waals surface area contributed by atoms with Crippen LogP contribution < -0.4 is 4.90 Å². The SMILES string of the molecule is O=C(C1CC1C(=O)N1CCCc2ccccc21)N1CCOCC1. The molecule has 5 nitrogen and oxygen atoms in total. The van der Waals surface area contributed by atoms with Gasteiger partial charge in [0.1, 0.15) is 0 Å². The van der Waals surface area contributed by atoms with Crippen molar-refractivity contribution in [1.82, 2.24) is 4.90 Å². The van der Waals surface area contributed by atoms with Crippen LogP contribution in [0.1, 0.15) is 18.4 Å². The fourth-order valence-electron chi connectivity index (χ4n) is 3.72. The molecule has 1 saturated heterocycles. The molecule has 2 heterocycles. The Hall–Kier alpha value is -1.88. The van der Waals surface area contributed by atoms with Gasteiger partial charge in [0.15, 0.2) is 0 Å². The van der Waals surface area contributed by atoms with Gasteiger partial charge < -0.3 is 14.5 Å². The minimum absolute atomic E-state index is 0.116. The van der Waals surface area contributed by atoms with E-state index in [1.54, 1.807) is 0 Å². The van der Waals surface area contributed by atoms with Crippen molar-refractivity contribution in [2.75, 3.05) is 37.7 Å². The third-order valence-corrected chi connectivity index (χ3v) is 5.12. The van der Waals surface area contributed by atoms with Crippen molar-refractivity contribution in [2.24, 2.45) is 11.8 Å². The molecule has 4 rings (SSSR count). The first-order valence-corrected chi connectivity index (χ1v) is 8.51. The molecule has 1 aromatic carbocycles. The summed E-state index contributed by atoms with van der Waals surface area (Å²) in [5.74, 6) is 0.0203. The number of rotatable bonds is 2. The number of morpholine rings is 1. The zero-order valence-electron chi connectivity index (χ0n) is 13.2. The summed E-state index contributed by atoms with van der Waals surface area (Å²) < 4.78 is 5.29. The maximum atomic E-state index is 12.9. The second kappa shape index (κ2) is 5.96. The van der Waals surface area contributed by atoms with Gasteiger partial charge in [0.05, 0.1) is 25.0 Å². The van der Waals surface area contributed by atoms with Crippen LogP contribution in [0.25, 0.3) is 0 Å². The van der Waals surface area contributed by atoms with Crippen molar-refractivity contribution in [2.45, 2.75) is 19.3 Å². The smallest absolute Gasteiger partial charge is 0.230 e. The Morgan fingerprint density at radius 2 is 1.74 bits per heavy atom. The fraction of sp³-hybridized carbons (Fsp3) is 0.556. The number of hydrogen-bond acceptors (Lipinski definition) is 3. The largest absolute Gasteiger partial charge is 0.378 e. The first kappa shape index (κ1) is 14.7. The van der Waals surface area contributed by atoms with Crippen molar-refractivity contribution in [3.63, 3.8) is 0 Å². The average Bonchev–Trinajstić information content (AvgIpc) is 3.41. The zero-order chi connectivity index (χ0) is 15.8. The lowest BCUT2D eigenvalue weighted by Gasteiger charge is -2.30. The predicted octanol–water partition coefficient (Wildman–Crippen LogP) is 1.46. The number of carbonyl (C=O) groups is 2. The van der Waals surface area contributed by atoms with Gasteiger partial charge in [-0.2, -0.15) is 0 Å². The van der Waals surface area contributed by atoms with Crippen molar-refractivity contribution >= 4 is 17.5 Å². The van der Waals surface area contributed by atoms with Gasteiger partial charge in [0, 0.05) is 25.3 Å². The fourth-order valence-corrected chi connectivity index (χ4v) is 3.72. The molecule has 3 aliphatic rings. The minimum atomic E-state index is -0.128. The molecule has 23 heavy (non-hydrogen) atoms. The van der Waals surface area contributed by atoms with Crippen LogP contribution in [0, 0.1) is 11.8 Å². The molecule has 0 aromatic heterocycles. The van der Waals surface area contributed by atoms with E-state index in [1.165, 1.54) is 5.56 Å². The molecule has 0 radical (unpaired) electrons. The van der Waals surface area contributed by atoms with E-state index in [1.807, 2.05) is 28.0 Å². The molecule has 0 bridgehead atoms. The Morgan fingerprint density at radius 3 is 2.57 bits per heavy atom. The van der Waals surface area contributed by atoms with Crippen LogP contribution in [0.3, 0.4) is 0 Å². The summed E-state index contributed by atoms with van der Waals surface area (Å²) in [6, 6.07) is 8.12. The molecule has 2 unspecified atom stereocenters. The second-order valence-corrected chi connectivity index (χ2v) is 6.61. The molecule has 2 amide bonds. The summed E-state index contributed by atoms with van der Waals surface area (Å²) in [6.07, 6.45) is 2.73. The van der Waals surface area contributed by atoms with Gasteiger partial charge in [0.2, 0.25) is 11.8 Å². The Balaban J connectivity index is 1.44. The number of hydrogen-bond donors (Lipinski definition) is 0. The molecule has 122 valence electrons. The van der Waals surface area contributed by atoms with Crippen LogP contribution in [0.15, 0.2) is 24.3 Å². The van der Waals surface area contributed by atoms with E-state index in [-0.39, 0.29) is 23.7 Å². The lowest BCUT2D eigenvalue weighted by Crippen LogP contribution is -2.43. The van der Waals surface area contributed by atoms with Gasteiger partial charge in [-0.25, -0.2) is 0 Å². The molecule has 0 spiro atoms. The quantitative estimate of drug-likeness (QED) is 0.830. The number of anilines is 1. The van der Waals surface area contributed by atoms with Gasteiger partial charge in [-0.1, -0.05) is 18.2 Å². The maximum absolute atomic E-state index is 12.9. The summed E-state index contributed by atoms with van der Waals surface area (Å²) in [6.45, 7) is 3.30. The summed E-state index contributed by atoms with van der Waals surface area (Å²) in [5, 5.41) is 0. The lowest BCUT2D eigenvalue weighted by atomic mass is 10.0. The topological polar surface area (TPSA) is 49.9 Å². The molecule has 1 aromatic rings. The van der Waals surface area contributed by atoms with E-state index in [2.05, 4.69) is 6.07 Å². The highest BCUT2D eigenvalue weighted by Gasteiger charge is 2.51. The second-order valence-electron chi connectivity index (χ2n) is 6.61. The predicted molar refractivity (Wildman–Crippen MR) is 86.1 cm³/mol. The number of ether oxygens (including phenoxy) is 1. The molecular formula is C18H22N2O3. The minimum Gasteiger partial charge on any atom is -0.378 e. The van der Waals surface area contributed by atoms with E-state index in [4.69, 9.17) is 4.74 Å². The van der Waals surface area contributed by atoms with Crippen LogP contribution in [0.5, 0.6) is 0 Å². The number of amides is 2. The van der Waals surface area contributed by atoms with Crippen molar-refractivity contribution < 1.29 is 14.3 Å². The summed E-state index contributed by atoms with van der Waals surface area (Å²) in [7, 11) is 0. The Morgan fingerprint density at radius 1 is 1.00 bits per heavy atom. The van der Waals surface area contributed by atoms with Gasteiger partial charge in [-0.15, -0.1) is 0 Å². The molecule has 0 N–H and O–H groups in total. The number of para-hydroxylation sites is 1. The van der Waals surface area contributed by atoms with Crippen LogP contribution in [-0.4, -0.2) is 49.6 Å². The number of fused-ring (bicyclic) bond motifs is 1. The Labute approximate surface area is 136 Å². The van der Waals surface area contributed by atoms with Crippen LogP contribution in [0.4, 0.5) is 5.69 Å². The number of nitrogens with zero attached hydrogens (tertiary/aromatic N) is 2. The monoisotopic (exact) mass is 314 g/mol. The van der Waals surface area contributed by atoms with Crippen molar-refractivity contribution in [1.29, 1.82) is 0 Å². The van der Waals surface area contributed by atoms with E-state index < -0.39 is 0 Å². The standard InChI is InChI=1S/C18H22N2O3/c21-17(19-8-10-23-11-9-19)14-12-15(14)18(22)20-7-3-5-13-4-1-2-6-16(13)20/h1-2,4,6,14-15H,3,5,7-12H2. The highest BCUT2D eigenvalue weighted by Crippen LogP contribution is 2.43. The molecule has 1 saturated carbocycles. The van der Waals surface area contributed by atoms with E-state index in [0.29, 0.717) is 32.7 Å². The van der Waals surface area contributed by atoms with Crippen LogP contribution >= 0.6 is 0 Å². The Bertz CT molecular complexity index is 624. The Kier molecular flexibility index (Phi) is 3.81. The highest BCUT2D eigenvalue weighted by molar-refractivity contribution is 6.01. The molecule has 1 aliphatic carbocycles. The molecular weight excluding hydrogens is 292 g/mol. The zero-order valence-corrected chi connectivity index (χ0v) is 13.2. The average molecular weight is 314 g/mol. The summed E-state index contributed by atoms with van der Waals surface area (Å²) in [4.78, 5) is 29.1. The van der Waals surface area contributed by atoms with Crippen molar-refractivity contribution in [3.05, 3.63) is 29.8 Å². The summed E-state index contributed by atoms with van der Waals surface area (Å²) >= 11 is 0. The molecule has 2 fully saturated rings. The van der Waals surface area contributed by atoms with Gasteiger partial charge in [-0.3, -0.25) is 9.59 Å². The number of aryl methyl sites for hydroxylation is 1. The van der Waals surface area contributed by atoms with E-state index >= 15 is 0 Å². The normalized spacial score (nSPS) is 26.6. The first-order valence-electron chi connectivity index (χ1n) is 8.51. The first-order chi connectivity index (χ1) is 11.3. The van der Waals surface area contributed by atoms with Crippen LogP contribution in [-0.2, 0) is 20.7 Å². The third-order valence-electron chi connectivity index (χ3n) is 5.12. The van der Waals surface area contributed by atoms with E-state index in [9.17, 15) is 9.59 Å². The van der Waals surface area contributed by atoms with E-state index in [0.717, 1.165) is 25.1 Å². The third kappa shape index (κ3) is 2.74. The molecule has 2 aliphatic heterocycles. The van der Waals surface area contributed by atoms with Crippen molar-refractivity contribution in [3.8, 4) is 0 Å². The lowest BCUT2D eigenvalue weighted by molar-refractivity contribution is -0.138. The summed E-state index contributed by atoms with van der Waals surface area (Å²) in [5.41, 5.74) is 2.28. The maximum Gasteiger partial charge on any atom is 0.230 e. The number of carbonyl (C=O) groups excluding carboxylic acids is 2. The van der Waals surface area contributed by atoms with Crippen LogP contribution in [0.2, 0.25) is 0 Å². The molecule has 5 heteroatoms. The van der Waals surface area contributed by atoms with Gasteiger partial charge >= 0.3 is 0 Å².